The van der Waals surface area contributed by atoms with Crippen LogP contribution in [0.5, 0.6) is 0 Å². The van der Waals surface area contributed by atoms with Crippen molar-refractivity contribution in [2.45, 2.75) is 13.0 Å². The summed E-state index contributed by atoms with van der Waals surface area (Å²) in [4.78, 5) is 12.2. The monoisotopic (exact) mass is 225 g/mol. The highest BCUT2D eigenvalue weighted by atomic mass is 16.1. The maximum Gasteiger partial charge on any atom is 0.270 e. The molecule has 1 aliphatic heterocycles. The van der Waals surface area contributed by atoms with Gasteiger partial charge in [-0.15, -0.1) is 0 Å². The van der Waals surface area contributed by atoms with Gasteiger partial charge in [0.1, 0.15) is 17.5 Å². The van der Waals surface area contributed by atoms with Crippen molar-refractivity contribution < 1.29 is 0 Å². The van der Waals surface area contributed by atoms with Crippen LogP contribution in [0.25, 0.3) is 10.8 Å². The van der Waals surface area contributed by atoms with Crippen LogP contribution < -0.4 is 10.9 Å². The molecule has 0 radical (unpaired) electrons. The van der Waals surface area contributed by atoms with Gasteiger partial charge in [0, 0.05) is 23.9 Å². The largest absolute Gasteiger partial charge is 0.371 e. The molecule has 1 aromatic carbocycles. The van der Waals surface area contributed by atoms with Crippen LogP contribution in [-0.2, 0) is 6.54 Å². The molecule has 17 heavy (non-hydrogen) atoms. The number of hydrogen-bond acceptors (Lipinski definition) is 3. The second-order valence-corrected chi connectivity index (χ2v) is 4.12. The summed E-state index contributed by atoms with van der Waals surface area (Å²) < 4.78 is 1.67. The van der Waals surface area contributed by atoms with E-state index in [1.54, 1.807) is 4.57 Å². The van der Waals surface area contributed by atoms with E-state index in [-0.39, 0.29) is 11.1 Å². The first-order valence-corrected chi connectivity index (χ1v) is 5.62. The molecule has 4 nitrogen and oxygen atoms in total. The predicted molar refractivity (Wildman–Crippen MR) is 66.0 cm³/mol. The van der Waals surface area contributed by atoms with Gasteiger partial charge in [0.15, 0.2) is 0 Å². The average Bonchev–Trinajstić information content (AvgIpc) is 2.40. The number of nitrogens with one attached hydrogen (secondary N) is 1. The molecule has 0 amide bonds. The lowest BCUT2D eigenvalue weighted by atomic mass is 10.1. The Morgan fingerprint density at radius 1 is 1.29 bits per heavy atom. The third kappa shape index (κ3) is 1.32. The van der Waals surface area contributed by atoms with Crippen LogP contribution >= 0.6 is 0 Å². The highest BCUT2D eigenvalue weighted by molar-refractivity contribution is 5.95. The highest BCUT2D eigenvalue weighted by Gasteiger charge is 2.17. The number of anilines is 1. The van der Waals surface area contributed by atoms with Crippen LogP contribution in [-0.4, -0.2) is 11.1 Å². The fourth-order valence-corrected chi connectivity index (χ4v) is 2.36. The summed E-state index contributed by atoms with van der Waals surface area (Å²) in [6.45, 7) is 1.55. The van der Waals surface area contributed by atoms with Crippen molar-refractivity contribution in [1.29, 1.82) is 5.26 Å². The van der Waals surface area contributed by atoms with E-state index in [2.05, 4.69) is 5.32 Å². The normalized spacial score (nSPS) is 13.8. The first-order valence-electron chi connectivity index (χ1n) is 5.62. The molecular weight excluding hydrogens is 214 g/mol. The summed E-state index contributed by atoms with van der Waals surface area (Å²) in [7, 11) is 0. The first-order chi connectivity index (χ1) is 8.33. The fraction of sp³-hybridized carbons (Fsp3) is 0.231. The molecule has 0 saturated heterocycles. The Morgan fingerprint density at radius 2 is 2.06 bits per heavy atom. The Morgan fingerprint density at radius 3 is 2.82 bits per heavy atom. The minimum Gasteiger partial charge on any atom is -0.371 e. The van der Waals surface area contributed by atoms with E-state index >= 15 is 0 Å². The van der Waals surface area contributed by atoms with E-state index in [1.165, 1.54) is 0 Å². The molecule has 84 valence electrons. The second-order valence-electron chi connectivity index (χ2n) is 4.12. The lowest BCUT2D eigenvalue weighted by Crippen LogP contribution is -2.30. The summed E-state index contributed by atoms with van der Waals surface area (Å²) in [5, 5.41) is 14.1. The number of nitrogens with zero attached hydrogens (tertiary/aromatic N) is 2. The summed E-state index contributed by atoms with van der Waals surface area (Å²) in [6.07, 6.45) is 0.913. The molecule has 1 N–H and O–H groups in total. The van der Waals surface area contributed by atoms with E-state index in [9.17, 15) is 4.79 Å². The van der Waals surface area contributed by atoms with Gasteiger partial charge in [0.2, 0.25) is 0 Å². The van der Waals surface area contributed by atoms with Crippen molar-refractivity contribution in [2.75, 3.05) is 11.9 Å². The predicted octanol–water partition coefficient (Wildman–Crippen LogP) is 1.69. The zero-order chi connectivity index (χ0) is 11.8. The number of hydrogen-bond donors (Lipinski definition) is 1. The highest BCUT2D eigenvalue weighted by Crippen LogP contribution is 2.25. The van der Waals surface area contributed by atoms with Gasteiger partial charge in [-0.1, -0.05) is 24.3 Å². The van der Waals surface area contributed by atoms with Crippen LogP contribution in [0.4, 0.5) is 5.82 Å². The van der Waals surface area contributed by atoms with Gasteiger partial charge in [0.25, 0.3) is 5.56 Å². The molecule has 4 heteroatoms. The van der Waals surface area contributed by atoms with E-state index in [4.69, 9.17) is 5.26 Å². The lowest BCUT2D eigenvalue weighted by molar-refractivity contribution is 0.612. The zero-order valence-corrected chi connectivity index (χ0v) is 9.23. The minimum absolute atomic E-state index is 0.187. The van der Waals surface area contributed by atoms with Crippen molar-refractivity contribution in [3.8, 4) is 6.07 Å². The fourth-order valence-electron chi connectivity index (χ4n) is 2.36. The van der Waals surface area contributed by atoms with Gasteiger partial charge >= 0.3 is 0 Å². The Kier molecular flexibility index (Phi) is 2.12. The Labute approximate surface area is 98.1 Å². The molecule has 0 unspecified atom stereocenters. The molecule has 1 aliphatic rings. The first kappa shape index (κ1) is 9.91. The number of benzene rings is 1. The number of rotatable bonds is 0. The quantitative estimate of drug-likeness (QED) is 0.742. The summed E-state index contributed by atoms with van der Waals surface area (Å²) >= 11 is 0. The van der Waals surface area contributed by atoms with Gasteiger partial charge in [-0.3, -0.25) is 9.36 Å². The average molecular weight is 225 g/mol. The van der Waals surface area contributed by atoms with Crippen LogP contribution in [0.15, 0.2) is 29.1 Å². The summed E-state index contributed by atoms with van der Waals surface area (Å²) in [5.41, 5.74) is 0.0569. The molecule has 2 aromatic rings. The molecular formula is C13H11N3O. The van der Waals surface area contributed by atoms with Gasteiger partial charge in [-0.2, -0.15) is 5.26 Å². The van der Waals surface area contributed by atoms with Crippen molar-refractivity contribution in [2.24, 2.45) is 0 Å². The molecule has 0 saturated carbocycles. The molecule has 0 bridgehead atoms. The van der Waals surface area contributed by atoms with Crippen LogP contribution in [0.3, 0.4) is 0 Å². The Hall–Kier alpha value is -2.28. The van der Waals surface area contributed by atoms with E-state index < -0.39 is 0 Å². The Bertz CT molecular complexity index is 694. The maximum absolute atomic E-state index is 12.2. The van der Waals surface area contributed by atoms with Crippen molar-refractivity contribution in [1.82, 2.24) is 4.57 Å². The van der Waals surface area contributed by atoms with E-state index in [0.717, 1.165) is 29.6 Å². The molecule has 3 rings (SSSR count). The zero-order valence-electron chi connectivity index (χ0n) is 9.23. The topological polar surface area (TPSA) is 57.8 Å². The lowest BCUT2D eigenvalue weighted by Gasteiger charge is -2.22. The third-order valence-corrected chi connectivity index (χ3v) is 3.14. The number of aromatic nitrogens is 1. The number of nitriles is 1. The minimum atomic E-state index is -0.187. The smallest absolute Gasteiger partial charge is 0.270 e. The van der Waals surface area contributed by atoms with E-state index in [1.807, 2.05) is 30.3 Å². The molecule has 1 aromatic heterocycles. The second kappa shape index (κ2) is 3.63. The Balaban J connectivity index is 2.53. The molecule has 0 spiro atoms. The van der Waals surface area contributed by atoms with Crippen LogP contribution in [0.1, 0.15) is 12.0 Å². The molecule has 0 atom stereocenters. The van der Waals surface area contributed by atoms with Gasteiger partial charge < -0.3 is 5.32 Å². The van der Waals surface area contributed by atoms with Crippen molar-refractivity contribution >= 4 is 16.6 Å². The molecule has 0 fully saturated rings. The molecule has 0 aliphatic carbocycles. The van der Waals surface area contributed by atoms with Crippen molar-refractivity contribution in [3.63, 3.8) is 0 Å². The maximum atomic E-state index is 12.2. The van der Waals surface area contributed by atoms with Gasteiger partial charge in [-0.05, 0) is 6.42 Å². The van der Waals surface area contributed by atoms with Crippen LogP contribution in [0.2, 0.25) is 0 Å². The standard InChI is InChI=1S/C13H11N3O/c14-8-11-9-4-1-2-5-10(9)12-15-6-3-7-16(12)13(11)17/h1-2,4-5,15H,3,6-7H2. The summed E-state index contributed by atoms with van der Waals surface area (Å²) in [6, 6.07) is 9.57. The number of pyridine rings is 1. The summed E-state index contributed by atoms with van der Waals surface area (Å²) in [5.74, 6) is 0.843. The number of fused-ring (bicyclic) bond motifs is 3. The van der Waals surface area contributed by atoms with Gasteiger partial charge in [0.05, 0.1) is 0 Å². The molecule has 2 heterocycles. The van der Waals surface area contributed by atoms with Crippen molar-refractivity contribution in [3.05, 3.63) is 40.2 Å². The van der Waals surface area contributed by atoms with E-state index in [0.29, 0.717) is 6.54 Å². The van der Waals surface area contributed by atoms with Crippen LogP contribution in [0, 0.1) is 11.3 Å². The SMILES string of the molecule is N#Cc1c(=O)n2c(c3ccccc13)NCCC2. The van der Waals surface area contributed by atoms with Gasteiger partial charge in [-0.25, -0.2) is 0 Å². The third-order valence-electron chi connectivity index (χ3n) is 3.14.